The van der Waals surface area contributed by atoms with Crippen molar-refractivity contribution in [3.8, 4) is 0 Å². The van der Waals surface area contributed by atoms with E-state index in [1.54, 1.807) is 0 Å². The van der Waals surface area contributed by atoms with Gasteiger partial charge in [0.25, 0.3) is 0 Å². The van der Waals surface area contributed by atoms with Gasteiger partial charge in [0.05, 0.1) is 6.61 Å². The van der Waals surface area contributed by atoms with Crippen molar-refractivity contribution in [1.29, 1.82) is 0 Å². The first kappa shape index (κ1) is 11.0. The Balaban J connectivity index is 1.80. The monoisotopic (exact) mass is 223 g/mol. The van der Waals surface area contributed by atoms with Crippen molar-refractivity contribution in [2.45, 2.75) is 63.5 Å². The molecule has 3 rings (SSSR count). The van der Waals surface area contributed by atoms with E-state index >= 15 is 0 Å². The van der Waals surface area contributed by atoms with E-state index in [4.69, 9.17) is 0 Å². The first-order chi connectivity index (χ1) is 7.92. The van der Waals surface area contributed by atoms with Crippen LogP contribution in [0.1, 0.15) is 51.4 Å². The predicted octanol–water partition coefficient (Wildman–Crippen LogP) is 2.41. The Morgan fingerprint density at radius 2 is 1.31 bits per heavy atom. The Kier molecular flexibility index (Phi) is 3.21. The lowest BCUT2D eigenvalue weighted by molar-refractivity contribution is 0.109. The van der Waals surface area contributed by atoms with Gasteiger partial charge in [-0.15, -0.1) is 0 Å². The number of rotatable bonds is 2. The predicted molar refractivity (Wildman–Crippen MR) is 65.3 cm³/mol. The van der Waals surface area contributed by atoms with Crippen LogP contribution in [0.15, 0.2) is 0 Å². The minimum Gasteiger partial charge on any atom is -0.395 e. The van der Waals surface area contributed by atoms with Gasteiger partial charge in [-0.3, -0.25) is 4.90 Å². The number of aliphatic hydroxyl groups is 1. The number of hydrogen-bond acceptors (Lipinski definition) is 2. The highest BCUT2D eigenvalue weighted by Gasteiger charge is 2.48. The molecule has 1 saturated heterocycles. The van der Waals surface area contributed by atoms with Crippen LogP contribution in [0.3, 0.4) is 0 Å². The third-order valence-corrected chi connectivity index (χ3v) is 5.32. The van der Waals surface area contributed by atoms with E-state index in [0.29, 0.717) is 6.61 Å². The largest absolute Gasteiger partial charge is 0.395 e. The zero-order valence-electron chi connectivity index (χ0n) is 10.3. The number of nitrogens with zero attached hydrogens (tertiary/aromatic N) is 1. The molecule has 92 valence electrons. The summed E-state index contributed by atoms with van der Waals surface area (Å²) in [6.07, 6.45) is 11.5. The fourth-order valence-electron chi connectivity index (χ4n) is 4.80. The highest BCUT2D eigenvalue weighted by Crippen LogP contribution is 2.48. The van der Waals surface area contributed by atoms with E-state index in [-0.39, 0.29) is 0 Å². The van der Waals surface area contributed by atoms with Gasteiger partial charge in [0, 0.05) is 18.6 Å². The topological polar surface area (TPSA) is 23.5 Å². The Bertz CT molecular complexity index is 221. The third kappa shape index (κ3) is 1.70. The number of β-amino-alcohol motifs (C(OH)–C–C–N with tert-alkyl or cyclic N) is 1. The standard InChI is InChI=1S/C14H25NO/c16-10-9-15-13-7-3-1-5-11(13)12-6-2-4-8-14(12)15/h11-14,16H,1-10H2. The summed E-state index contributed by atoms with van der Waals surface area (Å²) in [7, 11) is 0. The summed E-state index contributed by atoms with van der Waals surface area (Å²) < 4.78 is 0. The van der Waals surface area contributed by atoms with Crippen molar-refractivity contribution in [3.05, 3.63) is 0 Å². The van der Waals surface area contributed by atoms with Crippen molar-refractivity contribution in [2.24, 2.45) is 11.8 Å². The second-order valence-electron chi connectivity index (χ2n) is 5.99. The Labute approximate surface area is 99.0 Å². The summed E-state index contributed by atoms with van der Waals surface area (Å²) in [4.78, 5) is 2.69. The summed E-state index contributed by atoms with van der Waals surface area (Å²) in [5.41, 5.74) is 0. The molecule has 2 nitrogen and oxygen atoms in total. The van der Waals surface area contributed by atoms with Gasteiger partial charge in [-0.1, -0.05) is 25.7 Å². The SMILES string of the molecule is OCCN1C2CCCCC2C2CCCCC21. The molecule has 4 atom stereocenters. The summed E-state index contributed by atoms with van der Waals surface area (Å²) in [5, 5.41) is 9.27. The molecule has 0 amide bonds. The van der Waals surface area contributed by atoms with Crippen molar-refractivity contribution >= 4 is 0 Å². The van der Waals surface area contributed by atoms with Gasteiger partial charge < -0.3 is 5.11 Å². The summed E-state index contributed by atoms with van der Waals surface area (Å²) >= 11 is 0. The quantitative estimate of drug-likeness (QED) is 0.777. The normalized spacial score (nSPS) is 44.1. The van der Waals surface area contributed by atoms with Gasteiger partial charge in [0.2, 0.25) is 0 Å². The van der Waals surface area contributed by atoms with Crippen LogP contribution in [-0.2, 0) is 0 Å². The molecule has 0 spiro atoms. The molecule has 2 heteroatoms. The molecule has 2 saturated carbocycles. The minimum atomic E-state index is 0.354. The molecule has 0 aromatic heterocycles. The first-order valence-corrected chi connectivity index (χ1v) is 7.28. The molecule has 0 radical (unpaired) electrons. The van der Waals surface area contributed by atoms with Gasteiger partial charge in [0.15, 0.2) is 0 Å². The van der Waals surface area contributed by atoms with Gasteiger partial charge in [-0.25, -0.2) is 0 Å². The van der Waals surface area contributed by atoms with Crippen LogP contribution in [-0.4, -0.2) is 35.2 Å². The fraction of sp³-hybridized carbons (Fsp3) is 1.00. The van der Waals surface area contributed by atoms with Crippen molar-refractivity contribution in [1.82, 2.24) is 4.90 Å². The number of likely N-dealkylation sites (tertiary alicyclic amines) is 1. The van der Waals surface area contributed by atoms with Crippen LogP contribution in [0.25, 0.3) is 0 Å². The molecule has 4 unspecified atom stereocenters. The highest BCUT2D eigenvalue weighted by atomic mass is 16.3. The van der Waals surface area contributed by atoms with Gasteiger partial charge in [-0.2, -0.15) is 0 Å². The van der Waals surface area contributed by atoms with Crippen LogP contribution < -0.4 is 0 Å². The van der Waals surface area contributed by atoms with E-state index in [1.807, 2.05) is 0 Å². The Hall–Kier alpha value is -0.0800. The molecule has 1 aliphatic heterocycles. The van der Waals surface area contributed by atoms with Crippen molar-refractivity contribution in [3.63, 3.8) is 0 Å². The van der Waals surface area contributed by atoms with E-state index < -0.39 is 0 Å². The van der Waals surface area contributed by atoms with Crippen molar-refractivity contribution in [2.75, 3.05) is 13.2 Å². The fourth-order valence-corrected chi connectivity index (χ4v) is 4.80. The lowest BCUT2D eigenvalue weighted by atomic mass is 9.73. The number of aliphatic hydroxyl groups excluding tert-OH is 1. The summed E-state index contributed by atoms with van der Waals surface area (Å²) in [5.74, 6) is 1.95. The third-order valence-electron chi connectivity index (χ3n) is 5.32. The van der Waals surface area contributed by atoms with Gasteiger partial charge in [0.1, 0.15) is 0 Å². The summed E-state index contributed by atoms with van der Waals surface area (Å²) in [6, 6.07) is 1.66. The van der Waals surface area contributed by atoms with Crippen LogP contribution in [0.2, 0.25) is 0 Å². The Morgan fingerprint density at radius 1 is 0.812 bits per heavy atom. The molecular weight excluding hydrogens is 198 g/mol. The average molecular weight is 223 g/mol. The molecule has 1 N–H and O–H groups in total. The second-order valence-corrected chi connectivity index (χ2v) is 5.99. The van der Waals surface area contributed by atoms with E-state index in [2.05, 4.69) is 4.90 Å². The zero-order chi connectivity index (χ0) is 11.0. The lowest BCUT2D eigenvalue weighted by Gasteiger charge is -2.33. The minimum absolute atomic E-state index is 0.354. The van der Waals surface area contributed by atoms with E-state index in [9.17, 15) is 5.11 Å². The highest BCUT2D eigenvalue weighted by molar-refractivity contribution is 5.02. The number of hydrogen-bond donors (Lipinski definition) is 1. The van der Waals surface area contributed by atoms with Gasteiger partial charge >= 0.3 is 0 Å². The molecular formula is C14H25NO. The van der Waals surface area contributed by atoms with E-state index in [0.717, 1.165) is 30.5 Å². The maximum Gasteiger partial charge on any atom is 0.0558 e. The maximum absolute atomic E-state index is 9.27. The molecule has 2 aliphatic carbocycles. The molecule has 1 heterocycles. The zero-order valence-corrected chi connectivity index (χ0v) is 10.3. The van der Waals surface area contributed by atoms with Crippen molar-refractivity contribution < 1.29 is 5.11 Å². The molecule has 0 bridgehead atoms. The van der Waals surface area contributed by atoms with Crippen LogP contribution >= 0.6 is 0 Å². The second kappa shape index (κ2) is 4.66. The van der Waals surface area contributed by atoms with Crippen LogP contribution in [0, 0.1) is 11.8 Å². The molecule has 0 aromatic rings. The lowest BCUT2D eigenvalue weighted by Crippen LogP contribution is -2.41. The molecule has 3 fully saturated rings. The van der Waals surface area contributed by atoms with Crippen LogP contribution in [0.4, 0.5) is 0 Å². The number of fused-ring (bicyclic) bond motifs is 3. The smallest absolute Gasteiger partial charge is 0.0558 e. The maximum atomic E-state index is 9.27. The molecule has 0 aromatic carbocycles. The van der Waals surface area contributed by atoms with Crippen LogP contribution in [0.5, 0.6) is 0 Å². The first-order valence-electron chi connectivity index (χ1n) is 7.28. The molecule has 16 heavy (non-hydrogen) atoms. The summed E-state index contributed by atoms with van der Waals surface area (Å²) in [6.45, 7) is 1.29. The average Bonchev–Trinajstić information content (AvgIpc) is 2.66. The van der Waals surface area contributed by atoms with Gasteiger partial charge in [-0.05, 0) is 37.5 Å². The Morgan fingerprint density at radius 3 is 1.81 bits per heavy atom. The molecule has 3 aliphatic rings. The van der Waals surface area contributed by atoms with E-state index in [1.165, 1.54) is 51.4 Å².